The van der Waals surface area contributed by atoms with Gasteiger partial charge in [-0.1, -0.05) is 0 Å². The van der Waals surface area contributed by atoms with Crippen LogP contribution >= 0.6 is 0 Å². The van der Waals surface area contributed by atoms with Crippen molar-refractivity contribution >= 4 is 11.6 Å². The standard InChI is InChI=1S/C12H21N5O/c1-17-5-2-3-10(8-17)16-12-7-11(13-4-6-18)14-9-15-12/h7,9-10,18H,2-6,8H2,1H3,(H2,13,14,15,16). The van der Waals surface area contributed by atoms with E-state index in [4.69, 9.17) is 5.11 Å². The summed E-state index contributed by atoms with van der Waals surface area (Å²) < 4.78 is 0. The number of nitrogens with zero attached hydrogens (tertiary/aromatic N) is 3. The molecule has 1 atom stereocenters. The number of aliphatic hydroxyl groups is 1. The molecule has 2 heterocycles. The average molecular weight is 251 g/mol. The minimum atomic E-state index is 0.0974. The molecular weight excluding hydrogens is 230 g/mol. The number of nitrogens with one attached hydrogen (secondary N) is 2. The maximum Gasteiger partial charge on any atom is 0.131 e. The van der Waals surface area contributed by atoms with E-state index in [1.165, 1.54) is 25.7 Å². The smallest absolute Gasteiger partial charge is 0.131 e. The zero-order chi connectivity index (χ0) is 12.8. The van der Waals surface area contributed by atoms with Gasteiger partial charge < -0.3 is 20.6 Å². The summed E-state index contributed by atoms with van der Waals surface area (Å²) in [6.07, 6.45) is 3.93. The van der Waals surface area contributed by atoms with Gasteiger partial charge in [0.15, 0.2) is 0 Å². The first-order valence-corrected chi connectivity index (χ1v) is 6.40. The van der Waals surface area contributed by atoms with Crippen LogP contribution in [0.2, 0.25) is 0 Å². The fourth-order valence-electron chi connectivity index (χ4n) is 2.21. The van der Waals surface area contributed by atoms with Crippen molar-refractivity contribution < 1.29 is 5.11 Å². The second-order valence-corrected chi connectivity index (χ2v) is 4.68. The first-order valence-electron chi connectivity index (χ1n) is 6.40. The predicted octanol–water partition coefficient (Wildman–Crippen LogP) is 0.387. The van der Waals surface area contributed by atoms with Crippen molar-refractivity contribution in [3.8, 4) is 0 Å². The zero-order valence-electron chi connectivity index (χ0n) is 10.8. The van der Waals surface area contributed by atoms with Crippen molar-refractivity contribution in [3.05, 3.63) is 12.4 Å². The number of likely N-dealkylation sites (tertiary alicyclic amines) is 1. The molecule has 1 unspecified atom stereocenters. The summed E-state index contributed by atoms with van der Waals surface area (Å²) in [5.74, 6) is 1.58. The van der Waals surface area contributed by atoms with Gasteiger partial charge in [0.25, 0.3) is 0 Å². The topological polar surface area (TPSA) is 73.3 Å². The molecule has 1 aliphatic rings. The average Bonchev–Trinajstić information content (AvgIpc) is 2.37. The summed E-state index contributed by atoms with van der Waals surface area (Å²) >= 11 is 0. The Hall–Kier alpha value is -1.40. The largest absolute Gasteiger partial charge is 0.395 e. The molecule has 18 heavy (non-hydrogen) atoms. The Labute approximate surface area is 107 Å². The molecule has 100 valence electrons. The SMILES string of the molecule is CN1CCCC(Nc2cc(NCCO)ncn2)C1. The molecule has 1 fully saturated rings. The van der Waals surface area contributed by atoms with E-state index in [2.05, 4.69) is 32.5 Å². The number of piperidine rings is 1. The Balaban J connectivity index is 1.91. The highest BCUT2D eigenvalue weighted by Crippen LogP contribution is 2.15. The third-order valence-electron chi connectivity index (χ3n) is 3.06. The van der Waals surface area contributed by atoms with E-state index in [0.717, 1.165) is 18.2 Å². The second kappa shape index (κ2) is 6.51. The van der Waals surface area contributed by atoms with E-state index in [-0.39, 0.29) is 6.61 Å². The monoisotopic (exact) mass is 251 g/mol. The molecule has 6 heteroatoms. The number of anilines is 2. The van der Waals surface area contributed by atoms with Crippen LogP contribution in [0.1, 0.15) is 12.8 Å². The fraction of sp³-hybridized carbons (Fsp3) is 0.667. The zero-order valence-corrected chi connectivity index (χ0v) is 10.8. The lowest BCUT2D eigenvalue weighted by molar-refractivity contribution is 0.261. The molecule has 3 N–H and O–H groups in total. The first-order chi connectivity index (χ1) is 8.78. The first kappa shape index (κ1) is 13.0. The van der Waals surface area contributed by atoms with Crippen LogP contribution in [0.15, 0.2) is 12.4 Å². The van der Waals surface area contributed by atoms with Gasteiger partial charge in [-0.15, -0.1) is 0 Å². The van der Waals surface area contributed by atoms with Gasteiger partial charge in [0.05, 0.1) is 6.61 Å². The van der Waals surface area contributed by atoms with Gasteiger partial charge in [-0.25, -0.2) is 9.97 Å². The van der Waals surface area contributed by atoms with Crippen molar-refractivity contribution in [3.63, 3.8) is 0 Å². The Morgan fingerprint density at radius 3 is 3.06 bits per heavy atom. The Bertz CT molecular complexity index is 373. The Morgan fingerprint density at radius 2 is 2.28 bits per heavy atom. The summed E-state index contributed by atoms with van der Waals surface area (Å²) in [7, 11) is 2.14. The molecule has 6 nitrogen and oxygen atoms in total. The molecule has 0 radical (unpaired) electrons. The molecule has 0 amide bonds. The number of likely N-dealkylation sites (N-methyl/N-ethyl adjacent to an activating group) is 1. The van der Waals surface area contributed by atoms with Gasteiger partial charge in [0.2, 0.25) is 0 Å². The molecule has 0 aromatic carbocycles. The highest BCUT2D eigenvalue weighted by molar-refractivity contribution is 5.47. The van der Waals surface area contributed by atoms with Crippen molar-refractivity contribution in [2.45, 2.75) is 18.9 Å². The number of hydrogen-bond donors (Lipinski definition) is 3. The summed E-state index contributed by atoms with van der Waals surface area (Å²) in [5, 5.41) is 15.2. The van der Waals surface area contributed by atoms with E-state index in [1.807, 2.05) is 6.07 Å². The fourth-order valence-corrected chi connectivity index (χ4v) is 2.21. The van der Waals surface area contributed by atoms with E-state index in [9.17, 15) is 0 Å². The highest BCUT2D eigenvalue weighted by Gasteiger charge is 2.17. The molecule has 1 aliphatic heterocycles. The lowest BCUT2D eigenvalue weighted by Gasteiger charge is -2.30. The van der Waals surface area contributed by atoms with Crippen molar-refractivity contribution in [2.75, 3.05) is 43.9 Å². The second-order valence-electron chi connectivity index (χ2n) is 4.68. The maximum atomic E-state index is 8.76. The van der Waals surface area contributed by atoms with E-state index in [1.54, 1.807) is 0 Å². The number of aliphatic hydroxyl groups excluding tert-OH is 1. The number of hydrogen-bond acceptors (Lipinski definition) is 6. The van der Waals surface area contributed by atoms with Gasteiger partial charge in [-0.2, -0.15) is 0 Å². The number of rotatable bonds is 5. The van der Waals surface area contributed by atoms with Crippen LogP contribution in [-0.2, 0) is 0 Å². The summed E-state index contributed by atoms with van der Waals surface area (Å²) in [6.45, 7) is 2.82. The normalized spacial score (nSPS) is 20.7. The van der Waals surface area contributed by atoms with Crippen LogP contribution in [0.3, 0.4) is 0 Å². The third kappa shape index (κ3) is 3.82. The molecule has 1 aromatic rings. The van der Waals surface area contributed by atoms with Crippen molar-refractivity contribution in [1.29, 1.82) is 0 Å². The van der Waals surface area contributed by atoms with Crippen LogP contribution in [0, 0.1) is 0 Å². The summed E-state index contributed by atoms with van der Waals surface area (Å²) in [6, 6.07) is 2.33. The number of aromatic nitrogens is 2. The minimum absolute atomic E-state index is 0.0974. The molecule has 1 saturated heterocycles. The minimum Gasteiger partial charge on any atom is -0.395 e. The van der Waals surface area contributed by atoms with Gasteiger partial charge in [-0.05, 0) is 26.4 Å². The van der Waals surface area contributed by atoms with Gasteiger partial charge in [0.1, 0.15) is 18.0 Å². The van der Waals surface area contributed by atoms with E-state index < -0.39 is 0 Å². The van der Waals surface area contributed by atoms with Crippen LogP contribution in [-0.4, -0.2) is 59.3 Å². The molecular formula is C12H21N5O. The van der Waals surface area contributed by atoms with Crippen molar-refractivity contribution in [1.82, 2.24) is 14.9 Å². The van der Waals surface area contributed by atoms with Gasteiger partial charge in [-0.3, -0.25) is 0 Å². The lowest BCUT2D eigenvalue weighted by Crippen LogP contribution is -2.39. The highest BCUT2D eigenvalue weighted by atomic mass is 16.3. The van der Waals surface area contributed by atoms with Crippen LogP contribution < -0.4 is 10.6 Å². The third-order valence-corrected chi connectivity index (χ3v) is 3.06. The molecule has 0 aliphatic carbocycles. The quantitative estimate of drug-likeness (QED) is 0.703. The van der Waals surface area contributed by atoms with E-state index >= 15 is 0 Å². The van der Waals surface area contributed by atoms with Gasteiger partial charge >= 0.3 is 0 Å². The van der Waals surface area contributed by atoms with E-state index in [0.29, 0.717) is 12.6 Å². The lowest BCUT2D eigenvalue weighted by atomic mass is 10.1. The molecule has 0 bridgehead atoms. The molecule has 2 rings (SSSR count). The van der Waals surface area contributed by atoms with Crippen molar-refractivity contribution in [2.24, 2.45) is 0 Å². The molecule has 1 aromatic heterocycles. The van der Waals surface area contributed by atoms with Crippen LogP contribution in [0.5, 0.6) is 0 Å². The maximum absolute atomic E-state index is 8.76. The Morgan fingerprint density at radius 1 is 1.44 bits per heavy atom. The van der Waals surface area contributed by atoms with Gasteiger partial charge in [0, 0.05) is 25.2 Å². The summed E-state index contributed by atoms with van der Waals surface area (Å²) in [5.41, 5.74) is 0. The molecule has 0 saturated carbocycles. The molecule has 0 spiro atoms. The van der Waals surface area contributed by atoms with Crippen LogP contribution in [0.25, 0.3) is 0 Å². The summed E-state index contributed by atoms with van der Waals surface area (Å²) in [4.78, 5) is 10.7. The Kier molecular flexibility index (Phi) is 4.72. The predicted molar refractivity (Wildman–Crippen MR) is 71.7 cm³/mol. The van der Waals surface area contributed by atoms with Crippen LogP contribution in [0.4, 0.5) is 11.6 Å².